The lowest BCUT2D eigenvalue weighted by atomic mass is 10.1. The van der Waals surface area contributed by atoms with Crippen LogP contribution in [0.4, 0.5) is 0 Å². The van der Waals surface area contributed by atoms with Crippen molar-refractivity contribution in [2.24, 2.45) is 0 Å². The van der Waals surface area contributed by atoms with Crippen molar-refractivity contribution >= 4 is 23.5 Å². The van der Waals surface area contributed by atoms with Crippen molar-refractivity contribution in [3.05, 3.63) is 99.8 Å². The highest BCUT2D eigenvalue weighted by Crippen LogP contribution is 2.19. The van der Waals surface area contributed by atoms with Crippen molar-refractivity contribution in [1.82, 2.24) is 4.57 Å². The average Bonchev–Trinajstić information content (AvgIpc) is 2.96. The number of hydrogen-bond donors (Lipinski definition) is 0. The highest BCUT2D eigenvalue weighted by Gasteiger charge is 2.15. The number of rotatable bonds is 5. The van der Waals surface area contributed by atoms with Gasteiger partial charge in [0.1, 0.15) is 5.15 Å². The third-order valence-electron chi connectivity index (χ3n) is 4.11. The van der Waals surface area contributed by atoms with E-state index in [-0.39, 0.29) is 5.78 Å². The van der Waals surface area contributed by atoms with E-state index in [1.165, 1.54) is 5.56 Å². The molecule has 0 aliphatic carbocycles. The van der Waals surface area contributed by atoms with Gasteiger partial charge >= 0.3 is 0 Å². The number of nitrogens with zero attached hydrogens (tertiary/aromatic N) is 1. The zero-order valence-electron chi connectivity index (χ0n) is 14.4. The van der Waals surface area contributed by atoms with E-state index in [0.29, 0.717) is 23.0 Å². The Morgan fingerprint density at radius 2 is 1.76 bits per heavy atom. The molecule has 0 aliphatic heterocycles. The smallest absolute Gasteiger partial charge is 0.209 e. The highest BCUT2D eigenvalue weighted by molar-refractivity contribution is 6.30. The van der Waals surface area contributed by atoms with Gasteiger partial charge in [-0.05, 0) is 31.5 Å². The van der Waals surface area contributed by atoms with E-state index in [2.05, 4.69) is 25.1 Å². The van der Waals surface area contributed by atoms with Crippen LogP contribution in [0.1, 0.15) is 32.7 Å². The molecule has 1 heterocycles. The number of ketones is 1. The number of benzene rings is 2. The van der Waals surface area contributed by atoms with Gasteiger partial charge in [0.2, 0.25) is 5.78 Å². The van der Waals surface area contributed by atoms with Crippen LogP contribution in [0.3, 0.4) is 0 Å². The first-order valence-electron chi connectivity index (χ1n) is 8.24. The summed E-state index contributed by atoms with van der Waals surface area (Å²) in [6.07, 6.45) is 4.07. The molecule has 0 amide bonds. The summed E-state index contributed by atoms with van der Waals surface area (Å²) in [6.45, 7) is 4.62. The molecule has 0 atom stereocenters. The van der Waals surface area contributed by atoms with Crippen LogP contribution in [0, 0.1) is 13.8 Å². The summed E-state index contributed by atoms with van der Waals surface area (Å²) in [7, 11) is 0. The van der Waals surface area contributed by atoms with Gasteiger partial charge in [0.25, 0.3) is 0 Å². The SMILES string of the molecule is Cc1ccc(C(=O)c2ccc(Cl)n2C/C=C/c2cccc(C)c2)cc1. The minimum absolute atomic E-state index is 0.0177. The lowest BCUT2D eigenvalue weighted by Crippen LogP contribution is -2.09. The molecule has 2 aromatic carbocycles. The van der Waals surface area contributed by atoms with Gasteiger partial charge in [-0.1, -0.05) is 83.4 Å². The maximum absolute atomic E-state index is 12.8. The molecule has 0 spiro atoms. The molecule has 3 rings (SSSR count). The van der Waals surface area contributed by atoms with E-state index in [4.69, 9.17) is 11.6 Å². The number of aryl methyl sites for hydroxylation is 2. The summed E-state index contributed by atoms with van der Waals surface area (Å²) in [5.74, 6) is -0.0177. The molecule has 0 aliphatic rings. The molecule has 0 bridgehead atoms. The summed E-state index contributed by atoms with van der Waals surface area (Å²) in [4.78, 5) is 12.8. The van der Waals surface area contributed by atoms with Crippen molar-refractivity contribution in [3.63, 3.8) is 0 Å². The largest absolute Gasteiger partial charge is 0.325 e. The topological polar surface area (TPSA) is 22.0 Å². The monoisotopic (exact) mass is 349 g/mol. The fourth-order valence-electron chi connectivity index (χ4n) is 2.75. The van der Waals surface area contributed by atoms with Crippen LogP contribution >= 0.6 is 11.6 Å². The second-order valence-electron chi connectivity index (χ2n) is 6.16. The molecule has 3 aromatic rings. The Hall–Kier alpha value is -2.58. The molecule has 0 radical (unpaired) electrons. The van der Waals surface area contributed by atoms with E-state index in [9.17, 15) is 4.79 Å². The van der Waals surface area contributed by atoms with Crippen molar-refractivity contribution in [3.8, 4) is 0 Å². The lowest BCUT2D eigenvalue weighted by Gasteiger charge is -2.08. The van der Waals surface area contributed by atoms with Gasteiger partial charge < -0.3 is 4.57 Å². The Morgan fingerprint density at radius 3 is 2.48 bits per heavy atom. The van der Waals surface area contributed by atoms with Gasteiger partial charge in [0, 0.05) is 12.1 Å². The molecule has 0 saturated heterocycles. The Labute approximate surface area is 153 Å². The Bertz CT molecular complexity index is 919. The standard InChI is InChI=1S/C22H20ClNO/c1-16-8-10-19(11-9-16)22(25)20-12-13-21(23)24(20)14-4-7-18-6-3-5-17(2)15-18/h3-13,15H,14H2,1-2H3/b7-4+. The van der Waals surface area contributed by atoms with E-state index < -0.39 is 0 Å². The lowest BCUT2D eigenvalue weighted by molar-refractivity contribution is 0.103. The van der Waals surface area contributed by atoms with Gasteiger partial charge in [-0.15, -0.1) is 0 Å². The third-order valence-corrected chi connectivity index (χ3v) is 4.44. The quantitative estimate of drug-likeness (QED) is 0.541. The minimum Gasteiger partial charge on any atom is -0.325 e. The number of hydrogen-bond acceptors (Lipinski definition) is 1. The van der Waals surface area contributed by atoms with E-state index in [0.717, 1.165) is 11.1 Å². The zero-order chi connectivity index (χ0) is 17.8. The maximum Gasteiger partial charge on any atom is 0.209 e. The van der Waals surface area contributed by atoms with E-state index in [1.807, 2.05) is 54.0 Å². The van der Waals surface area contributed by atoms with Crippen LogP contribution in [0.15, 0.2) is 66.7 Å². The van der Waals surface area contributed by atoms with E-state index >= 15 is 0 Å². The molecule has 3 heteroatoms. The Kier molecular flexibility index (Phi) is 5.20. The number of carbonyl (C=O) groups excluding carboxylic acids is 1. The molecular formula is C22H20ClNO. The van der Waals surface area contributed by atoms with Gasteiger partial charge in [-0.25, -0.2) is 0 Å². The number of carbonyl (C=O) groups is 1. The summed E-state index contributed by atoms with van der Waals surface area (Å²) in [5.41, 5.74) is 4.75. The van der Waals surface area contributed by atoms with Crippen LogP contribution < -0.4 is 0 Å². The second-order valence-corrected chi connectivity index (χ2v) is 6.55. The number of halogens is 1. The molecular weight excluding hydrogens is 330 g/mol. The zero-order valence-corrected chi connectivity index (χ0v) is 15.1. The van der Waals surface area contributed by atoms with Crippen molar-refractivity contribution < 1.29 is 4.79 Å². The Morgan fingerprint density at radius 1 is 1.00 bits per heavy atom. The minimum atomic E-state index is -0.0177. The van der Waals surface area contributed by atoms with E-state index in [1.54, 1.807) is 12.1 Å². The van der Waals surface area contributed by atoms with Crippen molar-refractivity contribution in [1.29, 1.82) is 0 Å². The predicted molar refractivity (Wildman–Crippen MR) is 104 cm³/mol. The van der Waals surface area contributed by atoms with Gasteiger partial charge in [-0.3, -0.25) is 4.79 Å². The molecule has 25 heavy (non-hydrogen) atoms. The first-order chi connectivity index (χ1) is 12.0. The van der Waals surface area contributed by atoms with Crippen LogP contribution in [0.2, 0.25) is 5.15 Å². The van der Waals surface area contributed by atoms with Crippen molar-refractivity contribution in [2.75, 3.05) is 0 Å². The predicted octanol–water partition coefficient (Wildman–Crippen LogP) is 5.70. The van der Waals surface area contributed by atoms with Gasteiger partial charge in [0.15, 0.2) is 0 Å². The molecule has 2 nitrogen and oxygen atoms in total. The van der Waals surface area contributed by atoms with Gasteiger partial charge in [-0.2, -0.15) is 0 Å². The highest BCUT2D eigenvalue weighted by atomic mass is 35.5. The summed E-state index contributed by atoms with van der Waals surface area (Å²) in [6, 6.07) is 19.4. The van der Waals surface area contributed by atoms with Crippen LogP contribution in [0.25, 0.3) is 6.08 Å². The van der Waals surface area contributed by atoms with Crippen LogP contribution in [-0.2, 0) is 6.54 Å². The first-order valence-corrected chi connectivity index (χ1v) is 8.62. The molecule has 1 aromatic heterocycles. The van der Waals surface area contributed by atoms with Gasteiger partial charge in [0.05, 0.1) is 5.69 Å². The van der Waals surface area contributed by atoms with Crippen LogP contribution in [0.5, 0.6) is 0 Å². The summed E-state index contributed by atoms with van der Waals surface area (Å²) >= 11 is 6.29. The fraction of sp³-hybridized carbons (Fsp3) is 0.136. The summed E-state index contributed by atoms with van der Waals surface area (Å²) < 4.78 is 1.83. The maximum atomic E-state index is 12.8. The summed E-state index contributed by atoms with van der Waals surface area (Å²) in [5, 5.41) is 0.560. The average molecular weight is 350 g/mol. The normalized spacial score (nSPS) is 11.2. The molecule has 0 N–H and O–H groups in total. The fourth-order valence-corrected chi connectivity index (χ4v) is 2.97. The molecule has 0 unspecified atom stereocenters. The number of allylic oxidation sites excluding steroid dienone is 1. The Balaban J connectivity index is 1.82. The number of aromatic nitrogens is 1. The first kappa shape index (κ1) is 17.2. The van der Waals surface area contributed by atoms with Crippen LogP contribution in [-0.4, -0.2) is 10.4 Å². The molecule has 0 fully saturated rings. The molecule has 0 saturated carbocycles. The second kappa shape index (κ2) is 7.54. The third kappa shape index (κ3) is 4.09. The molecule has 126 valence electrons. The van der Waals surface area contributed by atoms with Crippen molar-refractivity contribution in [2.45, 2.75) is 20.4 Å².